The van der Waals surface area contributed by atoms with Crippen LogP contribution in [0.15, 0.2) is 18.2 Å². The van der Waals surface area contributed by atoms with Crippen LogP contribution >= 0.6 is 0 Å². The number of aliphatic hydroxyl groups is 1. The topological polar surface area (TPSA) is 109 Å². The van der Waals surface area contributed by atoms with Crippen LogP contribution in [0.4, 0.5) is 10.5 Å². The van der Waals surface area contributed by atoms with Gasteiger partial charge in [-0.1, -0.05) is 19.8 Å². The van der Waals surface area contributed by atoms with Crippen molar-refractivity contribution < 1.29 is 24.2 Å². The summed E-state index contributed by atoms with van der Waals surface area (Å²) in [5.74, 6) is 0.708. The zero-order valence-corrected chi connectivity index (χ0v) is 18.1. The van der Waals surface area contributed by atoms with Crippen LogP contribution < -0.4 is 20.7 Å². The average Bonchev–Trinajstić information content (AvgIpc) is 3.39. The first-order valence-corrected chi connectivity index (χ1v) is 11.5. The molecule has 2 heterocycles. The van der Waals surface area contributed by atoms with E-state index in [-0.39, 0.29) is 49.1 Å². The fourth-order valence-electron chi connectivity index (χ4n) is 4.93. The minimum absolute atomic E-state index is 0.00418. The molecule has 4 atom stereocenters. The summed E-state index contributed by atoms with van der Waals surface area (Å²) in [5.41, 5.74) is 1.70. The standard InChI is InChI=1S/C23H33N3O5/c1-2-9-24-21(28)12-16-11-18-17-10-15(26-23(29)25-14-5-3-4-6-14)7-8-19(17)31-22(18)20(13-27)30-16/h7-8,10,14,16,18,20,22,27H,2-6,9,11-13H2,1H3,(H,24,28)(H2,25,26,29)/t16-,18+,20-,22-/m1/s1. The highest BCUT2D eigenvalue weighted by atomic mass is 16.6. The molecule has 8 heteroatoms. The monoisotopic (exact) mass is 431 g/mol. The van der Waals surface area contributed by atoms with Crippen molar-refractivity contribution in [2.24, 2.45) is 0 Å². The predicted octanol–water partition coefficient (Wildman–Crippen LogP) is 2.66. The zero-order chi connectivity index (χ0) is 21.8. The lowest BCUT2D eigenvalue weighted by Gasteiger charge is -2.37. The minimum Gasteiger partial charge on any atom is -0.487 e. The number of nitrogens with one attached hydrogen (secondary N) is 3. The molecule has 0 radical (unpaired) electrons. The molecule has 0 unspecified atom stereocenters. The number of carbonyl (C=O) groups is 2. The number of hydrogen-bond acceptors (Lipinski definition) is 5. The molecule has 1 aliphatic carbocycles. The Balaban J connectivity index is 1.43. The van der Waals surface area contributed by atoms with E-state index < -0.39 is 6.10 Å². The van der Waals surface area contributed by atoms with Gasteiger partial charge in [-0.3, -0.25) is 4.79 Å². The maximum atomic E-state index is 12.4. The Kier molecular flexibility index (Phi) is 6.97. The van der Waals surface area contributed by atoms with Crippen molar-refractivity contribution in [3.63, 3.8) is 0 Å². The van der Waals surface area contributed by atoms with E-state index in [0.29, 0.717) is 18.7 Å². The maximum absolute atomic E-state index is 12.4. The second-order valence-corrected chi connectivity index (χ2v) is 8.79. The number of amides is 3. The molecule has 1 aromatic carbocycles. The molecule has 1 aromatic rings. The van der Waals surface area contributed by atoms with Gasteiger partial charge < -0.3 is 30.5 Å². The molecule has 8 nitrogen and oxygen atoms in total. The molecule has 4 N–H and O–H groups in total. The van der Waals surface area contributed by atoms with Gasteiger partial charge in [0.1, 0.15) is 18.0 Å². The fraction of sp³-hybridized carbons (Fsp3) is 0.652. The minimum atomic E-state index is -0.489. The van der Waals surface area contributed by atoms with Gasteiger partial charge in [-0.05, 0) is 43.9 Å². The SMILES string of the molecule is CCCNC(=O)C[C@H]1C[C@H]2c3cc(NC(=O)NC4CCCC4)ccc3O[C@H]2[C@@H](CO)O1. The molecule has 31 heavy (non-hydrogen) atoms. The molecule has 3 amide bonds. The number of anilines is 1. The van der Waals surface area contributed by atoms with Crippen molar-refractivity contribution >= 4 is 17.6 Å². The Morgan fingerprint density at radius 3 is 2.77 bits per heavy atom. The summed E-state index contributed by atoms with van der Waals surface area (Å²) in [7, 11) is 0. The van der Waals surface area contributed by atoms with Crippen molar-refractivity contribution in [2.75, 3.05) is 18.5 Å². The lowest BCUT2D eigenvalue weighted by Crippen LogP contribution is -2.47. The third-order valence-electron chi connectivity index (χ3n) is 6.43. The van der Waals surface area contributed by atoms with Gasteiger partial charge in [0.15, 0.2) is 0 Å². The number of fused-ring (bicyclic) bond motifs is 3. The number of hydrogen-bond donors (Lipinski definition) is 4. The Bertz CT molecular complexity index is 795. The van der Waals surface area contributed by atoms with Crippen molar-refractivity contribution in [1.82, 2.24) is 10.6 Å². The summed E-state index contributed by atoms with van der Waals surface area (Å²) < 4.78 is 12.1. The van der Waals surface area contributed by atoms with Crippen molar-refractivity contribution in [3.05, 3.63) is 23.8 Å². The molecule has 3 aliphatic rings. The van der Waals surface area contributed by atoms with Crippen LogP contribution in [0.5, 0.6) is 5.75 Å². The van der Waals surface area contributed by atoms with Gasteiger partial charge in [-0.25, -0.2) is 4.79 Å². The zero-order valence-electron chi connectivity index (χ0n) is 18.1. The molecule has 1 saturated heterocycles. The van der Waals surface area contributed by atoms with Crippen LogP contribution in [0, 0.1) is 0 Å². The van der Waals surface area contributed by atoms with Crippen molar-refractivity contribution in [3.8, 4) is 5.75 Å². The highest BCUT2D eigenvalue weighted by Gasteiger charge is 2.46. The number of rotatable bonds is 7. The van der Waals surface area contributed by atoms with E-state index in [9.17, 15) is 14.7 Å². The van der Waals surface area contributed by atoms with E-state index in [4.69, 9.17) is 9.47 Å². The molecule has 1 saturated carbocycles. The summed E-state index contributed by atoms with van der Waals surface area (Å²) in [4.78, 5) is 24.5. The van der Waals surface area contributed by atoms with Gasteiger partial charge >= 0.3 is 6.03 Å². The number of benzene rings is 1. The van der Waals surface area contributed by atoms with E-state index >= 15 is 0 Å². The van der Waals surface area contributed by atoms with Gasteiger partial charge in [-0.15, -0.1) is 0 Å². The van der Waals surface area contributed by atoms with Gasteiger partial charge in [0.2, 0.25) is 5.91 Å². The van der Waals surface area contributed by atoms with Crippen LogP contribution in [0.2, 0.25) is 0 Å². The van der Waals surface area contributed by atoms with Crippen LogP contribution in [0.3, 0.4) is 0 Å². The second kappa shape index (κ2) is 9.87. The Morgan fingerprint density at radius 2 is 2.03 bits per heavy atom. The fourth-order valence-corrected chi connectivity index (χ4v) is 4.93. The normalized spacial score (nSPS) is 27.2. The van der Waals surface area contributed by atoms with E-state index in [2.05, 4.69) is 16.0 Å². The molecule has 2 fully saturated rings. The first kappa shape index (κ1) is 21.9. The summed E-state index contributed by atoms with van der Waals surface area (Å²) in [6.45, 7) is 2.48. The highest BCUT2D eigenvalue weighted by molar-refractivity contribution is 5.89. The van der Waals surface area contributed by atoms with E-state index in [1.807, 2.05) is 25.1 Å². The van der Waals surface area contributed by atoms with Crippen LogP contribution in [0.25, 0.3) is 0 Å². The average molecular weight is 432 g/mol. The Morgan fingerprint density at radius 1 is 1.23 bits per heavy atom. The smallest absolute Gasteiger partial charge is 0.319 e. The first-order chi connectivity index (χ1) is 15.1. The van der Waals surface area contributed by atoms with E-state index in [1.54, 1.807) is 0 Å². The number of urea groups is 1. The highest BCUT2D eigenvalue weighted by Crippen LogP contribution is 2.47. The van der Waals surface area contributed by atoms with E-state index in [0.717, 1.165) is 43.4 Å². The van der Waals surface area contributed by atoms with Crippen molar-refractivity contribution in [1.29, 1.82) is 0 Å². The van der Waals surface area contributed by atoms with Crippen LogP contribution in [-0.2, 0) is 9.53 Å². The molecule has 170 valence electrons. The summed E-state index contributed by atoms with van der Waals surface area (Å²) in [6, 6.07) is 5.70. The lowest BCUT2D eigenvalue weighted by atomic mass is 9.84. The van der Waals surface area contributed by atoms with Gasteiger partial charge in [0.25, 0.3) is 0 Å². The molecule has 2 aliphatic heterocycles. The van der Waals surface area contributed by atoms with Crippen LogP contribution in [0.1, 0.15) is 63.4 Å². The third-order valence-corrected chi connectivity index (χ3v) is 6.43. The van der Waals surface area contributed by atoms with Crippen LogP contribution in [-0.4, -0.2) is 54.6 Å². The molecule has 0 aromatic heterocycles. The third kappa shape index (κ3) is 5.13. The van der Waals surface area contributed by atoms with E-state index in [1.165, 1.54) is 0 Å². The summed E-state index contributed by atoms with van der Waals surface area (Å²) in [5, 5.41) is 18.7. The molecular formula is C23H33N3O5. The molecular weight excluding hydrogens is 398 g/mol. The Hall–Kier alpha value is -2.32. The summed E-state index contributed by atoms with van der Waals surface area (Å²) >= 11 is 0. The first-order valence-electron chi connectivity index (χ1n) is 11.5. The molecule has 0 bridgehead atoms. The summed E-state index contributed by atoms with van der Waals surface area (Å²) in [6.07, 6.45) is 5.10. The number of aliphatic hydroxyl groups excluding tert-OH is 1. The number of carbonyl (C=O) groups excluding carboxylic acids is 2. The molecule has 4 rings (SSSR count). The number of ether oxygens (including phenoxy) is 2. The van der Waals surface area contributed by atoms with Gasteiger partial charge in [-0.2, -0.15) is 0 Å². The predicted molar refractivity (Wildman–Crippen MR) is 116 cm³/mol. The second-order valence-electron chi connectivity index (χ2n) is 8.79. The largest absolute Gasteiger partial charge is 0.487 e. The lowest BCUT2D eigenvalue weighted by molar-refractivity contribution is -0.142. The quantitative estimate of drug-likeness (QED) is 0.531. The van der Waals surface area contributed by atoms with Gasteiger partial charge in [0, 0.05) is 29.8 Å². The van der Waals surface area contributed by atoms with Crippen molar-refractivity contribution in [2.45, 2.75) is 82.1 Å². The molecule has 0 spiro atoms. The Labute approximate surface area is 183 Å². The maximum Gasteiger partial charge on any atom is 0.319 e. The van der Waals surface area contributed by atoms with Gasteiger partial charge in [0.05, 0.1) is 19.1 Å².